The molecule has 0 saturated heterocycles. The fraction of sp³-hybridized carbons (Fsp3) is 0.267. The zero-order valence-corrected chi connectivity index (χ0v) is 10.3. The van der Waals surface area contributed by atoms with Crippen LogP contribution in [0.25, 0.3) is 10.8 Å². The molecule has 3 heteroatoms. The third-order valence-corrected chi connectivity index (χ3v) is 3.16. The fourth-order valence-electron chi connectivity index (χ4n) is 2.06. The molecule has 0 aromatic heterocycles. The molecule has 2 aromatic carbocycles. The maximum atomic E-state index is 10.8. The monoisotopic (exact) mass is 242 g/mol. The Morgan fingerprint density at radius 1 is 1.11 bits per heavy atom. The van der Waals surface area contributed by atoms with Crippen molar-refractivity contribution in [1.82, 2.24) is 0 Å². The van der Waals surface area contributed by atoms with E-state index in [0.29, 0.717) is 6.42 Å². The number of nitrogens with two attached hydrogens (primary N) is 2. The lowest BCUT2D eigenvalue weighted by atomic mass is 10.0. The molecule has 0 spiro atoms. The van der Waals surface area contributed by atoms with Gasteiger partial charge in [0.1, 0.15) is 0 Å². The minimum Gasteiger partial charge on any atom is -0.368 e. The standard InChI is InChI=1S/C15H18N2O/c16-14(15(17)18)7-3-4-11-8-9-12-5-1-2-6-13(12)10-11/h1-2,5-6,8-10,14H,3-4,7,16H2,(H2,17,18). The van der Waals surface area contributed by atoms with Crippen molar-refractivity contribution in [2.45, 2.75) is 25.3 Å². The second-order valence-electron chi connectivity index (χ2n) is 4.58. The quantitative estimate of drug-likeness (QED) is 0.841. The van der Waals surface area contributed by atoms with Gasteiger partial charge < -0.3 is 11.5 Å². The van der Waals surface area contributed by atoms with Gasteiger partial charge in [-0.1, -0.05) is 42.5 Å². The zero-order valence-electron chi connectivity index (χ0n) is 10.3. The molecular formula is C15H18N2O. The number of benzene rings is 2. The molecule has 3 nitrogen and oxygen atoms in total. The van der Waals surface area contributed by atoms with Gasteiger partial charge in [-0.3, -0.25) is 4.79 Å². The molecule has 1 unspecified atom stereocenters. The molecule has 2 rings (SSSR count). The van der Waals surface area contributed by atoms with Crippen LogP contribution in [0.3, 0.4) is 0 Å². The minimum absolute atomic E-state index is 0.423. The molecule has 0 bridgehead atoms. The Kier molecular flexibility index (Phi) is 3.95. The molecule has 1 atom stereocenters. The van der Waals surface area contributed by atoms with Crippen LogP contribution in [0.5, 0.6) is 0 Å². The van der Waals surface area contributed by atoms with Gasteiger partial charge in [0.15, 0.2) is 0 Å². The van der Waals surface area contributed by atoms with Crippen LogP contribution in [0.1, 0.15) is 18.4 Å². The summed E-state index contributed by atoms with van der Waals surface area (Å²) in [5.74, 6) is -0.423. The van der Waals surface area contributed by atoms with Crippen molar-refractivity contribution in [1.29, 1.82) is 0 Å². The average molecular weight is 242 g/mol. The number of fused-ring (bicyclic) bond motifs is 1. The first kappa shape index (κ1) is 12.6. The predicted octanol–water partition coefficient (Wildman–Crippen LogP) is 1.98. The van der Waals surface area contributed by atoms with E-state index < -0.39 is 11.9 Å². The first-order valence-electron chi connectivity index (χ1n) is 6.19. The van der Waals surface area contributed by atoms with Gasteiger partial charge in [-0.15, -0.1) is 0 Å². The first-order valence-corrected chi connectivity index (χ1v) is 6.19. The maximum Gasteiger partial charge on any atom is 0.234 e. The van der Waals surface area contributed by atoms with Crippen molar-refractivity contribution < 1.29 is 4.79 Å². The zero-order chi connectivity index (χ0) is 13.0. The molecule has 0 heterocycles. The predicted molar refractivity (Wildman–Crippen MR) is 74.1 cm³/mol. The van der Waals surface area contributed by atoms with Crippen LogP contribution < -0.4 is 11.5 Å². The van der Waals surface area contributed by atoms with E-state index in [2.05, 4.69) is 30.3 Å². The third-order valence-electron chi connectivity index (χ3n) is 3.16. The van der Waals surface area contributed by atoms with E-state index in [0.717, 1.165) is 12.8 Å². The largest absolute Gasteiger partial charge is 0.368 e. The summed E-state index contributed by atoms with van der Waals surface area (Å²) in [7, 11) is 0. The number of carbonyl (C=O) groups is 1. The first-order chi connectivity index (χ1) is 8.66. The molecular weight excluding hydrogens is 224 g/mol. The molecule has 94 valence electrons. The van der Waals surface area contributed by atoms with Gasteiger partial charge in [-0.05, 0) is 35.6 Å². The average Bonchev–Trinajstić information content (AvgIpc) is 2.38. The lowest BCUT2D eigenvalue weighted by molar-refractivity contribution is -0.119. The van der Waals surface area contributed by atoms with Gasteiger partial charge in [-0.2, -0.15) is 0 Å². The van der Waals surface area contributed by atoms with E-state index in [9.17, 15) is 4.79 Å². The van der Waals surface area contributed by atoms with Crippen LogP contribution in [0, 0.1) is 0 Å². The van der Waals surface area contributed by atoms with E-state index in [1.165, 1.54) is 16.3 Å². The number of aryl methyl sites for hydroxylation is 1. The van der Waals surface area contributed by atoms with E-state index in [1.54, 1.807) is 0 Å². The van der Waals surface area contributed by atoms with Crippen molar-refractivity contribution in [3.63, 3.8) is 0 Å². The van der Waals surface area contributed by atoms with Gasteiger partial charge in [0.25, 0.3) is 0 Å². The van der Waals surface area contributed by atoms with Gasteiger partial charge in [0.2, 0.25) is 5.91 Å². The van der Waals surface area contributed by atoms with Crippen LogP contribution in [0.4, 0.5) is 0 Å². The summed E-state index contributed by atoms with van der Waals surface area (Å²) in [4.78, 5) is 10.8. The fourth-order valence-corrected chi connectivity index (χ4v) is 2.06. The van der Waals surface area contributed by atoms with Crippen LogP contribution >= 0.6 is 0 Å². The van der Waals surface area contributed by atoms with Gasteiger partial charge in [-0.25, -0.2) is 0 Å². The normalized spacial score (nSPS) is 12.5. The number of hydrogen-bond acceptors (Lipinski definition) is 2. The summed E-state index contributed by atoms with van der Waals surface area (Å²) >= 11 is 0. The molecule has 0 fully saturated rings. The van der Waals surface area contributed by atoms with Gasteiger partial charge >= 0.3 is 0 Å². The number of carbonyl (C=O) groups excluding carboxylic acids is 1. The van der Waals surface area contributed by atoms with Crippen molar-refractivity contribution in [2.24, 2.45) is 11.5 Å². The molecule has 1 amide bonds. The van der Waals surface area contributed by atoms with E-state index >= 15 is 0 Å². The smallest absolute Gasteiger partial charge is 0.234 e. The lowest BCUT2D eigenvalue weighted by Gasteiger charge is -2.07. The van der Waals surface area contributed by atoms with Crippen LogP contribution in [-0.2, 0) is 11.2 Å². The Balaban J connectivity index is 1.98. The van der Waals surface area contributed by atoms with Crippen molar-refractivity contribution >= 4 is 16.7 Å². The molecule has 0 aliphatic carbocycles. The Morgan fingerprint density at radius 2 is 1.83 bits per heavy atom. The van der Waals surface area contributed by atoms with Gasteiger partial charge in [0.05, 0.1) is 6.04 Å². The summed E-state index contributed by atoms with van der Waals surface area (Å²) < 4.78 is 0. The highest BCUT2D eigenvalue weighted by atomic mass is 16.1. The Hall–Kier alpha value is -1.87. The molecule has 0 aliphatic heterocycles. The minimum atomic E-state index is -0.523. The Labute approximate surface area is 107 Å². The van der Waals surface area contributed by atoms with Crippen molar-refractivity contribution in [3.05, 3.63) is 48.0 Å². The lowest BCUT2D eigenvalue weighted by Crippen LogP contribution is -2.36. The van der Waals surface area contributed by atoms with E-state index in [-0.39, 0.29) is 0 Å². The van der Waals surface area contributed by atoms with Crippen LogP contribution in [0.15, 0.2) is 42.5 Å². The molecule has 0 aliphatic rings. The molecule has 18 heavy (non-hydrogen) atoms. The van der Waals surface area contributed by atoms with Gasteiger partial charge in [0, 0.05) is 0 Å². The summed E-state index contributed by atoms with van der Waals surface area (Å²) in [6.45, 7) is 0. The molecule has 0 saturated carbocycles. The highest BCUT2D eigenvalue weighted by molar-refractivity contribution is 5.83. The summed E-state index contributed by atoms with van der Waals surface area (Å²) in [5.41, 5.74) is 12.0. The second-order valence-corrected chi connectivity index (χ2v) is 4.58. The number of amides is 1. The summed E-state index contributed by atoms with van der Waals surface area (Å²) in [5, 5.41) is 2.49. The topological polar surface area (TPSA) is 69.1 Å². The van der Waals surface area contributed by atoms with E-state index in [1.807, 2.05) is 12.1 Å². The van der Waals surface area contributed by atoms with Crippen molar-refractivity contribution in [2.75, 3.05) is 0 Å². The number of rotatable bonds is 5. The molecule has 2 aromatic rings. The number of primary amides is 1. The van der Waals surface area contributed by atoms with E-state index in [4.69, 9.17) is 11.5 Å². The van der Waals surface area contributed by atoms with Crippen molar-refractivity contribution in [3.8, 4) is 0 Å². The molecule has 0 radical (unpaired) electrons. The molecule has 4 N–H and O–H groups in total. The maximum absolute atomic E-state index is 10.8. The highest BCUT2D eigenvalue weighted by Gasteiger charge is 2.08. The third kappa shape index (κ3) is 3.08. The Bertz CT molecular complexity index is 551. The van der Waals surface area contributed by atoms with Crippen LogP contribution in [0.2, 0.25) is 0 Å². The summed E-state index contributed by atoms with van der Waals surface area (Å²) in [6.07, 6.45) is 2.44. The Morgan fingerprint density at radius 3 is 2.56 bits per heavy atom. The highest BCUT2D eigenvalue weighted by Crippen LogP contribution is 2.17. The SMILES string of the molecule is NC(=O)C(N)CCCc1ccc2ccccc2c1. The summed E-state index contributed by atoms with van der Waals surface area (Å²) in [6, 6.07) is 14.2. The second kappa shape index (κ2) is 5.65. The number of hydrogen-bond donors (Lipinski definition) is 2. The van der Waals surface area contributed by atoms with Crippen LogP contribution in [-0.4, -0.2) is 11.9 Å².